The molecule has 0 heterocycles. The van der Waals surface area contributed by atoms with Crippen LogP contribution in [0.5, 0.6) is 11.5 Å². The summed E-state index contributed by atoms with van der Waals surface area (Å²) in [4.78, 5) is 22.8. The summed E-state index contributed by atoms with van der Waals surface area (Å²) in [6, 6.07) is 17.4. The number of hydrogen-bond donors (Lipinski definition) is 1. The third-order valence-electron chi connectivity index (χ3n) is 4.74. The van der Waals surface area contributed by atoms with Crippen LogP contribution in [0.25, 0.3) is 0 Å². The van der Waals surface area contributed by atoms with Gasteiger partial charge in [0, 0.05) is 11.6 Å². The van der Waals surface area contributed by atoms with Gasteiger partial charge >= 0.3 is 0 Å². The topological polar surface area (TPSA) is 103 Å². The van der Waals surface area contributed by atoms with Gasteiger partial charge in [-0.2, -0.15) is 5.10 Å². The highest BCUT2D eigenvalue weighted by Crippen LogP contribution is 2.37. The number of nitro benzene ring substituents is 1. The fourth-order valence-electron chi connectivity index (χ4n) is 3.25. The number of rotatable bonds is 10. The van der Waals surface area contributed by atoms with Gasteiger partial charge in [0.1, 0.15) is 6.61 Å². The fraction of sp³-hybridized carbons (Fsp3) is 0.200. The number of para-hydroxylation sites is 1. The summed E-state index contributed by atoms with van der Waals surface area (Å²) in [6.07, 6.45) is 1.24. The Labute approximate surface area is 202 Å². The number of hydrazone groups is 1. The third kappa shape index (κ3) is 6.79. The highest BCUT2D eigenvalue weighted by Gasteiger charge is 2.15. The van der Waals surface area contributed by atoms with Crippen molar-refractivity contribution in [1.82, 2.24) is 5.43 Å². The number of carbonyl (C=O) groups is 1. The highest BCUT2D eigenvalue weighted by molar-refractivity contribution is 6.32. The third-order valence-corrected chi connectivity index (χ3v) is 5.02. The van der Waals surface area contributed by atoms with Gasteiger partial charge in [0.25, 0.3) is 5.69 Å². The predicted molar refractivity (Wildman–Crippen MR) is 131 cm³/mol. The Hall–Kier alpha value is -3.91. The summed E-state index contributed by atoms with van der Waals surface area (Å²) in [7, 11) is 0. The molecule has 0 fully saturated rings. The highest BCUT2D eigenvalue weighted by atomic mass is 35.5. The van der Waals surface area contributed by atoms with Crippen molar-refractivity contribution in [3.63, 3.8) is 0 Å². The van der Waals surface area contributed by atoms with Crippen LogP contribution in [0.15, 0.2) is 65.8 Å². The van der Waals surface area contributed by atoms with Gasteiger partial charge in [0.05, 0.1) is 29.2 Å². The van der Waals surface area contributed by atoms with E-state index < -0.39 is 10.8 Å². The van der Waals surface area contributed by atoms with Crippen molar-refractivity contribution in [2.24, 2.45) is 5.10 Å². The van der Waals surface area contributed by atoms with Crippen LogP contribution in [0, 0.1) is 17.0 Å². The molecule has 0 saturated heterocycles. The normalized spacial score (nSPS) is 10.8. The maximum Gasteiger partial charge on any atom is 0.273 e. The number of benzene rings is 3. The van der Waals surface area contributed by atoms with Crippen LogP contribution in [-0.2, 0) is 17.8 Å². The smallest absolute Gasteiger partial charge is 0.273 e. The number of aryl methyl sites for hydroxylation is 1. The number of halogens is 1. The SMILES string of the molecule is CCOc1cc(/C=N/NC(=O)Cc2ccccc2[N+](=O)[O-])cc(Cl)c1OCc1cccc(C)c1. The number of ether oxygens (including phenoxy) is 2. The van der Waals surface area contributed by atoms with E-state index in [-0.39, 0.29) is 12.1 Å². The van der Waals surface area contributed by atoms with Gasteiger partial charge in [-0.25, -0.2) is 5.43 Å². The lowest BCUT2D eigenvalue weighted by Gasteiger charge is -2.14. The van der Waals surface area contributed by atoms with Crippen molar-refractivity contribution in [1.29, 1.82) is 0 Å². The second-order valence-corrected chi connectivity index (χ2v) is 7.80. The molecule has 0 aliphatic carbocycles. The molecule has 0 aromatic heterocycles. The van der Waals surface area contributed by atoms with E-state index in [0.29, 0.717) is 40.9 Å². The van der Waals surface area contributed by atoms with Crippen LogP contribution < -0.4 is 14.9 Å². The minimum atomic E-state index is -0.522. The Kier molecular flexibility index (Phi) is 8.59. The number of nitro groups is 1. The molecule has 1 N–H and O–H groups in total. The van der Waals surface area contributed by atoms with Crippen molar-refractivity contribution in [2.45, 2.75) is 26.9 Å². The summed E-state index contributed by atoms with van der Waals surface area (Å²) in [6.45, 7) is 4.60. The van der Waals surface area contributed by atoms with Gasteiger partial charge < -0.3 is 9.47 Å². The molecule has 3 aromatic carbocycles. The Morgan fingerprint density at radius 1 is 1.15 bits per heavy atom. The molecular formula is C25H24ClN3O5. The van der Waals surface area contributed by atoms with E-state index in [4.69, 9.17) is 21.1 Å². The van der Waals surface area contributed by atoms with E-state index in [1.54, 1.807) is 24.3 Å². The largest absolute Gasteiger partial charge is 0.490 e. The quantitative estimate of drug-likeness (QED) is 0.243. The van der Waals surface area contributed by atoms with E-state index in [9.17, 15) is 14.9 Å². The molecule has 34 heavy (non-hydrogen) atoms. The molecule has 176 valence electrons. The van der Waals surface area contributed by atoms with Crippen molar-refractivity contribution in [2.75, 3.05) is 6.61 Å². The first-order valence-electron chi connectivity index (χ1n) is 10.6. The van der Waals surface area contributed by atoms with Crippen molar-refractivity contribution >= 4 is 29.4 Å². The first kappa shape index (κ1) is 24.7. The molecule has 9 heteroatoms. The van der Waals surface area contributed by atoms with E-state index >= 15 is 0 Å². The molecule has 0 radical (unpaired) electrons. The molecule has 0 bridgehead atoms. The molecule has 0 atom stereocenters. The van der Waals surface area contributed by atoms with Gasteiger partial charge in [-0.3, -0.25) is 14.9 Å². The van der Waals surface area contributed by atoms with Crippen LogP contribution in [0.3, 0.4) is 0 Å². The molecule has 0 spiro atoms. The molecule has 8 nitrogen and oxygen atoms in total. The van der Waals surface area contributed by atoms with E-state index in [0.717, 1.165) is 11.1 Å². The standard InChI is InChI=1S/C25H24ClN3O5/c1-3-33-23-13-19(12-21(26)25(23)34-16-18-8-6-7-17(2)11-18)15-27-28-24(30)14-20-9-4-5-10-22(20)29(31)32/h4-13,15H,3,14,16H2,1-2H3,(H,28,30)/b27-15+. The van der Waals surface area contributed by atoms with E-state index in [2.05, 4.69) is 10.5 Å². The van der Waals surface area contributed by atoms with Gasteiger partial charge in [-0.05, 0) is 37.1 Å². The first-order chi connectivity index (χ1) is 16.4. The van der Waals surface area contributed by atoms with Gasteiger partial charge in [-0.1, -0.05) is 59.6 Å². The zero-order valence-electron chi connectivity index (χ0n) is 18.8. The molecule has 1 amide bonds. The second-order valence-electron chi connectivity index (χ2n) is 7.40. The number of nitrogens with zero attached hydrogens (tertiary/aromatic N) is 2. The summed E-state index contributed by atoms with van der Waals surface area (Å²) < 4.78 is 11.6. The average molecular weight is 482 g/mol. The zero-order valence-corrected chi connectivity index (χ0v) is 19.5. The van der Waals surface area contributed by atoms with Crippen LogP contribution in [0.1, 0.15) is 29.2 Å². The van der Waals surface area contributed by atoms with Gasteiger partial charge in [0.15, 0.2) is 11.5 Å². The van der Waals surface area contributed by atoms with E-state index in [1.807, 2.05) is 38.1 Å². The number of hydrogen-bond acceptors (Lipinski definition) is 6. The van der Waals surface area contributed by atoms with E-state index in [1.165, 1.54) is 18.3 Å². The minimum Gasteiger partial charge on any atom is -0.490 e. The first-order valence-corrected chi connectivity index (χ1v) is 10.9. The number of amides is 1. The fourth-order valence-corrected chi connectivity index (χ4v) is 3.53. The van der Waals surface area contributed by atoms with Crippen molar-refractivity contribution in [3.05, 3.63) is 98.1 Å². The molecule has 3 aromatic rings. The lowest BCUT2D eigenvalue weighted by Crippen LogP contribution is -2.20. The van der Waals surface area contributed by atoms with Gasteiger partial charge in [0.2, 0.25) is 5.91 Å². The molecule has 0 aliphatic rings. The molecule has 0 unspecified atom stereocenters. The monoisotopic (exact) mass is 481 g/mol. The summed E-state index contributed by atoms with van der Waals surface area (Å²) in [5, 5.41) is 15.4. The van der Waals surface area contributed by atoms with Crippen molar-refractivity contribution < 1.29 is 19.2 Å². The predicted octanol–water partition coefficient (Wildman–Crippen LogP) is 5.23. The van der Waals surface area contributed by atoms with Crippen LogP contribution in [0.4, 0.5) is 5.69 Å². The molecule has 0 aliphatic heterocycles. The number of nitrogens with one attached hydrogen (secondary N) is 1. The summed E-state index contributed by atoms with van der Waals surface area (Å²) in [5.41, 5.74) is 5.29. The minimum absolute atomic E-state index is 0.115. The molecule has 0 saturated carbocycles. The number of carbonyl (C=O) groups excluding carboxylic acids is 1. The summed E-state index contributed by atoms with van der Waals surface area (Å²) in [5.74, 6) is 0.387. The van der Waals surface area contributed by atoms with Crippen LogP contribution in [0.2, 0.25) is 5.02 Å². The Bertz CT molecular complexity index is 1210. The Morgan fingerprint density at radius 3 is 2.68 bits per heavy atom. The van der Waals surface area contributed by atoms with Crippen LogP contribution in [-0.4, -0.2) is 23.7 Å². The summed E-state index contributed by atoms with van der Waals surface area (Å²) >= 11 is 6.45. The maximum absolute atomic E-state index is 12.2. The van der Waals surface area contributed by atoms with Gasteiger partial charge in [-0.15, -0.1) is 0 Å². The van der Waals surface area contributed by atoms with Crippen molar-refractivity contribution in [3.8, 4) is 11.5 Å². The second kappa shape index (κ2) is 11.8. The van der Waals surface area contributed by atoms with Crippen LogP contribution >= 0.6 is 11.6 Å². The Morgan fingerprint density at radius 2 is 1.94 bits per heavy atom. The molecule has 3 rings (SSSR count). The lowest BCUT2D eigenvalue weighted by molar-refractivity contribution is -0.385. The average Bonchev–Trinajstić information content (AvgIpc) is 2.79. The lowest BCUT2D eigenvalue weighted by atomic mass is 10.1. The zero-order chi connectivity index (χ0) is 24.5. The maximum atomic E-state index is 12.2. The Balaban J connectivity index is 1.68. The molecular weight excluding hydrogens is 458 g/mol.